The molecule has 0 aliphatic rings. The first kappa shape index (κ1) is 38.3. The van der Waals surface area contributed by atoms with Gasteiger partial charge in [-0.05, 0) is 136 Å². The Balaban J connectivity index is 1.06. The molecule has 2 nitrogen and oxygen atoms in total. The minimum Gasteiger partial charge on any atom is -0.310 e. The average Bonchev–Trinajstić information content (AvgIpc) is 3.76. The predicted octanol–water partition coefficient (Wildman–Crippen LogP) is 18.5. The summed E-state index contributed by atoms with van der Waals surface area (Å²) in [4.78, 5) is 2.46. The van der Waals surface area contributed by atoms with E-state index in [0.717, 1.165) is 28.3 Å². The Hall–Kier alpha value is -8.98. The van der Waals surface area contributed by atoms with Crippen LogP contribution >= 0.6 is 0 Å². The van der Waals surface area contributed by atoms with Crippen molar-refractivity contribution in [2.75, 3.05) is 4.90 Å². The molecule has 0 aliphatic carbocycles. The third-order valence-corrected chi connectivity index (χ3v) is 14.3. The lowest BCUT2D eigenvalue weighted by Gasteiger charge is -2.27. The first-order valence-corrected chi connectivity index (χ1v) is 23.5. The van der Waals surface area contributed by atoms with Crippen molar-refractivity contribution in [2.45, 2.75) is 0 Å². The van der Waals surface area contributed by atoms with Gasteiger partial charge in [0.2, 0.25) is 0 Å². The first-order chi connectivity index (χ1) is 33.7. The molecule has 0 amide bonds. The zero-order valence-electron chi connectivity index (χ0n) is 37.1. The largest absolute Gasteiger partial charge is 0.310 e. The van der Waals surface area contributed by atoms with Crippen molar-refractivity contribution in [3.63, 3.8) is 0 Å². The molecule has 0 aliphatic heterocycles. The van der Waals surface area contributed by atoms with Crippen molar-refractivity contribution >= 4 is 104 Å². The first-order valence-electron chi connectivity index (χ1n) is 23.5. The summed E-state index contributed by atoms with van der Waals surface area (Å²) >= 11 is 0. The number of hydrogen-bond acceptors (Lipinski definition) is 1. The van der Waals surface area contributed by atoms with E-state index in [2.05, 4.69) is 264 Å². The number of fused-ring (bicyclic) bond motifs is 14. The van der Waals surface area contributed by atoms with Crippen LogP contribution in [-0.2, 0) is 0 Å². The van der Waals surface area contributed by atoms with Gasteiger partial charge in [0, 0.05) is 33.2 Å². The topological polar surface area (TPSA) is 8.17 Å². The number of hydrogen-bond donors (Lipinski definition) is 0. The van der Waals surface area contributed by atoms with Crippen LogP contribution in [0.1, 0.15) is 0 Å². The smallest absolute Gasteiger partial charge is 0.0640 e. The fourth-order valence-corrected chi connectivity index (χ4v) is 11.2. The predicted molar refractivity (Wildman–Crippen MR) is 291 cm³/mol. The number of para-hydroxylation sites is 1. The summed E-state index contributed by atoms with van der Waals surface area (Å²) in [5.74, 6) is 0. The minimum atomic E-state index is 1.09. The van der Waals surface area contributed by atoms with E-state index in [1.165, 1.54) is 103 Å². The SMILES string of the molecule is c1ccc(-c2ccc3c4c(N(c5ccccc5)c5ccc(-c6cc7ccccc7c7ccccc67)cc5)cc5ccccc5c4n(-c4ccc5c6ccccc6c6ccccc6c5c4)c3c2)cc1. The summed E-state index contributed by atoms with van der Waals surface area (Å²) in [6.07, 6.45) is 0. The van der Waals surface area contributed by atoms with E-state index >= 15 is 0 Å². The van der Waals surface area contributed by atoms with Crippen molar-refractivity contribution in [1.29, 1.82) is 0 Å². The van der Waals surface area contributed by atoms with Crippen LogP contribution < -0.4 is 4.90 Å². The van der Waals surface area contributed by atoms with E-state index < -0.39 is 0 Å². The third kappa shape index (κ3) is 5.91. The molecule has 2 heteroatoms. The molecule has 13 aromatic carbocycles. The van der Waals surface area contributed by atoms with Gasteiger partial charge in [0.15, 0.2) is 0 Å². The van der Waals surface area contributed by atoms with Gasteiger partial charge in [-0.2, -0.15) is 0 Å². The van der Waals surface area contributed by atoms with Crippen LogP contribution in [-0.4, -0.2) is 4.57 Å². The highest BCUT2D eigenvalue weighted by atomic mass is 15.1. The summed E-state index contributed by atoms with van der Waals surface area (Å²) in [5, 5.41) is 17.4. The highest BCUT2D eigenvalue weighted by molar-refractivity contribution is 6.27. The summed E-state index contributed by atoms with van der Waals surface area (Å²) < 4.78 is 2.55. The van der Waals surface area contributed by atoms with Gasteiger partial charge in [-0.25, -0.2) is 0 Å². The molecule has 1 aromatic heterocycles. The second-order valence-electron chi connectivity index (χ2n) is 18.0. The van der Waals surface area contributed by atoms with E-state index in [-0.39, 0.29) is 0 Å². The Labute approximate surface area is 393 Å². The molecule has 0 N–H and O–H groups in total. The molecule has 68 heavy (non-hydrogen) atoms. The van der Waals surface area contributed by atoms with Gasteiger partial charge in [0.25, 0.3) is 0 Å². The normalized spacial score (nSPS) is 11.8. The summed E-state index contributed by atoms with van der Waals surface area (Å²) in [6.45, 7) is 0. The maximum absolute atomic E-state index is 2.55. The van der Waals surface area contributed by atoms with E-state index in [0.29, 0.717) is 0 Å². The fourth-order valence-electron chi connectivity index (χ4n) is 11.2. The van der Waals surface area contributed by atoms with Crippen LogP contribution in [0.4, 0.5) is 17.1 Å². The molecule has 0 radical (unpaired) electrons. The molecule has 0 atom stereocenters. The second-order valence-corrected chi connectivity index (χ2v) is 18.0. The standard InChI is InChI=1S/C66H42N2/c1-3-17-43(18-4-1)45-33-37-60-63(40-45)68(50-36-38-59-56-28-13-12-26-54(56)55-27-14-16-30-58(55)62(59)42-50)66-52-24-10-8-20-47(52)41-64(65(60)66)67(48-21-5-2-6-22-48)49-34-31-44(32-35-49)61-39-46-19-7-9-23-51(46)53-25-11-15-29-57(53)61/h1-42H. The molecule has 316 valence electrons. The van der Waals surface area contributed by atoms with Gasteiger partial charge in [0.1, 0.15) is 0 Å². The van der Waals surface area contributed by atoms with E-state index in [1.54, 1.807) is 0 Å². The van der Waals surface area contributed by atoms with Gasteiger partial charge in [-0.3, -0.25) is 0 Å². The maximum atomic E-state index is 2.55. The number of benzene rings is 13. The Kier molecular flexibility index (Phi) is 8.62. The maximum Gasteiger partial charge on any atom is 0.0640 e. The van der Waals surface area contributed by atoms with Gasteiger partial charge >= 0.3 is 0 Å². The summed E-state index contributed by atoms with van der Waals surface area (Å²) in [6, 6.07) is 94.0. The van der Waals surface area contributed by atoms with Crippen molar-refractivity contribution in [3.05, 3.63) is 255 Å². The molecule has 14 aromatic rings. The van der Waals surface area contributed by atoms with Crippen LogP contribution in [0.2, 0.25) is 0 Å². The van der Waals surface area contributed by atoms with Gasteiger partial charge in [0.05, 0.1) is 16.7 Å². The van der Waals surface area contributed by atoms with Crippen LogP contribution in [0.15, 0.2) is 255 Å². The van der Waals surface area contributed by atoms with E-state index in [4.69, 9.17) is 0 Å². The monoisotopic (exact) mass is 862 g/mol. The summed E-state index contributed by atoms with van der Waals surface area (Å²) in [5.41, 5.74) is 11.6. The molecule has 0 saturated carbocycles. The fraction of sp³-hybridized carbons (Fsp3) is 0. The van der Waals surface area contributed by atoms with Crippen LogP contribution in [0.3, 0.4) is 0 Å². The lowest BCUT2D eigenvalue weighted by atomic mass is 9.93. The van der Waals surface area contributed by atoms with E-state index in [9.17, 15) is 0 Å². The van der Waals surface area contributed by atoms with Crippen molar-refractivity contribution in [1.82, 2.24) is 4.57 Å². The zero-order chi connectivity index (χ0) is 44.7. The second kappa shape index (κ2) is 15.3. The van der Waals surface area contributed by atoms with Crippen LogP contribution in [0.5, 0.6) is 0 Å². The van der Waals surface area contributed by atoms with Gasteiger partial charge < -0.3 is 9.47 Å². The van der Waals surface area contributed by atoms with E-state index in [1.807, 2.05) is 0 Å². The average molecular weight is 863 g/mol. The number of nitrogens with zero attached hydrogens (tertiary/aromatic N) is 2. The van der Waals surface area contributed by atoms with Crippen molar-refractivity contribution in [3.8, 4) is 27.9 Å². The highest BCUT2D eigenvalue weighted by Gasteiger charge is 2.25. The number of rotatable bonds is 6. The van der Waals surface area contributed by atoms with Gasteiger partial charge in [-0.15, -0.1) is 0 Å². The minimum absolute atomic E-state index is 1.09. The molecule has 14 rings (SSSR count). The third-order valence-electron chi connectivity index (χ3n) is 14.3. The van der Waals surface area contributed by atoms with Gasteiger partial charge in [-0.1, -0.05) is 200 Å². The molecule has 0 saturated heterocycles. The highest BCUT2D eigenvalue weighted by Crippen LogP contribution is 2.49. The molecular formula is C66H42N2. The lowest BCUT2D eigenvalue weighted by Crippen LogP contribution is -2.10. The van der Waals surface area contributed by atoms with Crippen molar-refractivity contribution < 1.29 is 0 Å². The van der Waals surface area contributed by atoms with Crippen molar-refractivity contribution in [2.24, 2.45) is 0 Å². The van der Waals surface area contributed by atoms with Crippen LogP contribution in [0, 0.1) is 0 Å². The molecule has 1 heterocycles. The molecular weight excluding hydrogens is 821 g/mol. The zero-order valence-corrected chi connectivity index (χ0v) is 37.1. The Morgan fingerprint density at radius 3 is 1.44 bits per heavy atom. The molecule has 0 fully saturated rings. The quantitative estimate of drug-likeness (QED) is 0.151. The Morgan fingerprint density at radius 1 is 0.279 bits per heavy atom. The number of anilines is 3. The molecule has 0 bridgehead atoms. The Bertz CT molecular complexity index is 4260. The molecule has 0 spiro atoms. The summed E-state index contributed by atoms with van der Waals surface area (Å²) in [7, 11) is 0. The lowest BCUT2D eigenvalue weighted by molar-refractivity contribution is 1.19. The number of aromatic nitrogens is 1. The molecule has 0 unspecified atom stereocenters. The Morgan fingerprint density at radius 2 is 0.765 bits per heavy atom. The van der Waals surface area contributed by atoms with Crippen LogP contribution in [0.25, 0.3) is 114 Å².